The first kappa shape index (κ1) is 16.1. The largest absolute Gasteiger partial charge is 0.375 e. The molecule has 1 aromatic rings. The van der Waals surface area contributed by atoms with Crippen LogP contribution in [-0.2, 0) is 17.9 Å². The second kappa shape index (κ2) is 6.98. The molecule has 0 heterocycles. The molecule has 19 heavy (non-hydrogen) atoms. The third-order valence-corrected chi connectivity index (χ3v) is 3.41. The normalized spacial score (nSPS) is 12.2. The number of ether oxygens (including phenoxy) is 1. The molecule has 1 rings (SSSR count). The zero-order valence-electron chi connectivity index (χ0n) is 12.6. The average Bonchev–Trinajstić information content (AvgIpc) is 2.33. The smallest absolute Gasteiger partial charge is 0.128 e. The van der Waals surface area contributed by atoms with Gasteiger partial charge in [0, 0.05) is 17.6 Å². The maximum Gasteiger partial charge on any atom is 0.128 e. The van der Waals surface area contributed by atoms with Gasteiger partial charge in [-0.15, -0.1) is 0 Å². The Balaban J connectivity index is 2.60. The highest BCUT2D eigenvalue weighted by atomic mass is 19.1. The van der Waals surface area contributed by atoms with Crippen molar-refractivity contribution in [2.75, 3.05) is 27.7 Å². The van der Waals surface area contributed by atoms with Crippen molar-refractivity contribution in [1.29, 1.82) is 0 Å². The molecule has 0 bridgehead atoms. The highest BCUT2D eigenvalue weighted by Gasteiger charge is 2.20. The second-order valence-electron chi connectivity index (χ2n) is 5.66. The molecule has 0 aliphatic rings. The van der Waals surface area contributed by atoms with Gasteiger partial charge in [-0.2, -0.15) is 0 Å². The van der Waals surface area contributed by atoms with E-state index in [1.54, 1.807) is 6.07 Å². The van der Waals surface area contributed by atoms with Crippen LogP contribution in [0.4, 0.5) is 4.39 Å². The van der Waals surface area contributed by atoms with E-state index in [-0.39, 0.29) is 11.4 Å². The fourth-order valence-corrected chi connectivity index (χ4v) is 1.59. The van der Waals surface area contributed by atoms with Gasteiger partial charge in [0.25, 0.3) is 0 Å². The van der Waals surface area contributed by atoms with Crippen molar-refractivity contribution in [2.45, 2.75) is 32.5 Å². The molecule has 1 N–H and O–H groups in total. The van der Waals surface area contributed by atoms with Gasteiger partial charge in [-0.3, -0.25) is 0 Å². The molecule has 0 aliphatic carbocycles. The maximum atomic E-state index is 13.7. The van der Waals surface area contributed by atoms with Crippen LogP contribution >= 0.6 is 0 Å². The molecule has 0 atom stereocenters. The van der Waals surface area contributed by atoms with Gasteiger partial charge >= 0.3 is 0 Å². The Bertz CT molecular complexity index is 405. The summed E-state index contributed by atoms with van der Waals surface area (Å²) in [5, 5.41) is 3.06. The third-order valence-electron chi connectivity index (χ3n) is 3.41. The van der Waals surface area contributed by atoms with Crippen LogP contribution in [0, 0.1) is 5.82 Å². The standard InChI is InChI=1S/C15H25FN2O/c1-15(2,18(4)5)11-19-10-13-8-12(9-17-3)6-7-14(13)16/h6-8,17H,9-11H2,1-5H3. The highest BCUT2D eigenvalue weighted by molar-refractivity contribution is 5.24. The number of likely N-dealkylation sites (N-methyl/N-ethyl adjacent to an activating group) is 1. The molecule has 0 aromatic heterocycles. The summed E-state index contributed by atoms with van der Waals surface area (Å²) in [6, 6.07) is 5.15. The summed E-state index contributed by atoms with van der Waals surface area (Å²) >= 11 is 0. The van der Waals surface area contributed by atoms with Gasteiger partial charge in [-0.05, 0) is 52.7 Å². The lowest BCUT2D eigenvalue weighted by molar-refractivity contribution is 0.0264. The summed E-state index contributed by atoms with van der Waals surface area (Å²) in [5.41, 5.74) is 1.62. The Labute approximate surface area is 115 Å². The van der Waals surface area contributed by atoms with Crippen LogP contribution in [0.2, 0.25) is 0 Å². The fraction of sp³-hybridized carbons (Fsp3) is 0.600. The van der Waals surface area contributed by atoms with Crippen LogP contribution in [0.25, 0.3) is 0 Å². The van der Waals surface area contributed by atoms with Crippen LogP contribution in [0.15, 0.2) is 18.2 Å². The summed E-state index contributed by atoms with van der Waals surface area (Å²) in [6.07, 6.45) is 0. The zero-order valence-corrected chi connectivity index (χ0v) is 12.6. The zero-order chi connectivity index (χ0) is 14.5. The van der Waals surface area contributed by atoms with Crippen LogP contribution < -0.4 is 5.32 Å². The van der Waals surface area contributed by atoms with E-state index >= 15 is 0 Å². The lowest BCUT2D eigenvalue weighted by atomic mass is 10.1. The first-order valence-corrected chi connectivity index (χ1v) is 6.54. The van der Waals surface area contributed by atoms with Crippen molar-refractivity contribution >= 4 is 0 Å². The number of hydrogen-bond donors (Lipinski definition) is 1. The predicted molar refractivity (Wildman–Crippen MR) is 76.6 cm³/mol. The average molecular weight is 268 g/mol. The lowest BCUT2D eigenvalue weighted by Gasteiger charge is -2.32. The molecule has 0 spiro atoms. The van der Waals surface area contributed by atoms with Crippen molar-refractivity contribution in [3.63, 3.8) is 0 Å². The van der Waals surface area contributed by atoms with E-state index in [1.165, 1.54) is 6.07 Å². The van der Waals surface area contributed by atoms with Gasteiger partial charge < -0.3 is 15.0 Å². The van der Waals surface area contributed by atoms with Gasteiger partial charge in [-0.25, -0.2) is 4.39 Å². The molecule has 0 saturated heterocycles. The third kappa shape index (κ3) is 4.90. The first-order chi connectivity index (χ1) is 8.86. The first-order valence-electron chi connectivity index (χ1n) is 6.54. The quantitative estimate of drug-likeness (QED) is 0.822. The van der Waals surface area contributed by atoms with Crippen molar-refractivity contribution in [3.05, 3.63) is 35.1 Å². The molecular formula is C15H25FN2O. The molecule has 0 aliphatic heterocycles. The second-order valence-corrected chi connectivity index (χ2v) is 5.66. The van der Waals surface area contributed by atoms with E-state index in [0.29, 0.717) is 18.8 Å². The van der Waals surface area contributed by atoms with Crippen LogP contribution in [0.3, 0.4) is 0 Å². The van der Waals surface area contributed by atoms with E-state index in [1.807, 2.05) is 27.2 Å². The van der Waals surface area contributed by atoms with E-state index < -0.39 is 0 Å². The molecule has 1 aromatic carbocycles. The molecule has 3 nitrogen and oxygen atoms in total. The van der Waals surface area contributed by atoms with Crippen LogP contribution in [-0.4, -0.2) is 38.2 Å². The Morgan fingerprint density at radius 2 is 2.00 bits per heavy atom. The molecule has 4 heteroatoms. The van der Waals surface area contributed by atoms with Gasteiger partial charge in [0.2, 0.25) is 0 Å². The van der Waals surface area contributed by atoms with Crippen molar-refractivity contribution in [2.24, 2.45) is 0 Å². The molecule has 0 saturated carbocycles. The summed E-state index contributed by atoms with van der Waals surface area (Å²) in [7, 11) is 5.90. The molecule has 0 unspecified atom stereocenters. The Morgan fingerprint density at radius 3 is 2.58 bits per heavy atom. The van der Waals surface area contributed by atoms with Crippen LogP contribution in [0.1, 0.15) is 25.0 Å². The van der Waals surface area contributed by atoms with Crippen molar-refractivity contribution < 1.29 is 9.13 Å². The SMILES string of the molecule is CNCc1ccc(F)c(COCC(C)(C)N(C)C)c1. The Kier molecular flexibility index (Phi) is 5.91. The minimum atomic E-state index is -0.206. The summed E-state index contributed by atoms with van der Waals surface area (Å²) in [5.74, 6) is -0.206. The number of halogens is 1. The fourth-order valence-electron chi connectivity index (χ4n) is 1.59. The summed E-state index contributed by atoms with van der Waals surface area (Å²) < 4.78 is 19.3. The predicted octanol–water partition coefficient (Wildman–Crippen LogP) is 2.40. The number of nitrogens with zero attached hydrogens (tertiary/aromatic N) is 1. The summed E-state index contributed by atoms with van der Waals surface area (Å²) in [6.45, 7) is 5.80. The van der Waals surface area contributed by atoms with E-state index in [0.717, 1.165) is 12.1 Å². The van der Waals surface area contributed by atoms with E-state index in [9.17, 15) is 4.39 Å². The van der Waals surface area contributed by atoms with Gasteiger partial charge in [0.15, 0.2) is 0 Å². The molecule has 108 valence electrons. The maximum absolute atomic E-state index is 13.7. The van der Waals surface area contributed by atoms with Gasteiger partial charge in [-0.1, -0.05) is 6.07 Å². The number of benzene rings is 1. The van der Waals surface area contributed by atoms with E-state index in [4.69, 9.17) is 4.74 Å². The minimum Gasteiger partial charge on any atom is -0.375 e. The summed E-state index contributed by atoms with van der Waals surface area (Å²) in [4.78, 5) is 2.10. The minimum absolute atomic E-state index is 0.0565. The highest BCUT2D eigenvalue weighted by Crippen LogP contribution is 2.15. The number of hydrogen-bond acceptors (Lipinski definition) is 3. The Hall–Kier alpha value is -0.970. The molecule has 0 radical (unpaired) electrons. The monoisotopic (exact) mass is 268 g/mol. The van der Waals surface area contributed by atoms with Crippen LogP contribution in [0.5, 0.6) is 0 Å². The molecule has 0 amide bonds. The topological polar surface area (TPSA) is 24.5 Å². The lowest BCUT2D eigenvalue weighted by Crippen LogP contribution is -2.42. The number of rotatable bonds is 7. The molecular weight excluding hydrogens is 243 g/mol. The number of nitrogens with one attached hydrogen (secondary N) is 1. The van der Waals surface area contributed by atoms with Crippen molar-refractivity contribution in [3.8, 4) is 0 Å². The van der Waals surface area contributed by atoms with Crippen molar-refractivity contribution in [1.82, 2.24) is 10.2 Å². The van der Waals surface area contributed by atoms with E-state index in [2.05, 4.69) is 24.1 Å². The van der Waals surface area contributed by atoms with Gasteiger partial charge in [0.05, 0.1) is 13.2 Å². The van der Waals surface area contributed by atoms with Gasteiger partial charge in [0.1, 0.15) is 5.82 Å². The Morgan fingerprint density at radius 1 is 1.32 bits per heavy atom. The molecule has 0 fully saturated rings.